The second-order valence-electron chi connectivity index (χ2n) is 4.50. The van der Waals surface area contributed by atoms with Gasteiger partial charge in [0.1, 0.15) is 11.6 Å². The lowest BCUT2D eigenvalue weighted by atomic mass is 10.1. The molecule has 2 aromatic rings. The number of anilines is 2. The topological polar surface area (TPSA) is 25.4 Å². The van der Waals surface area contributed by atoms with Crippen LogP contribution in [-0.2, 0) is 0 Å². The van der Waals surface area contributed by atoms with E-state index in [1.54, 1.807) is 13.3 Å². The minimum Gasteiger partial charge on any atom is -0.496 e. The van der Waals surface area contributed by atoms with Crippen LogP contribution in [0.25, 0.3) is 0 Å². The molecule has 0 saturated heterocycles. The van der Waals surface area contributed by atoms with E-state index in [9.17, 15) is 0 Å². The number of halogens is 1. The Balaban J connectivity index is 2.41. The Hall–Kier alpha value is -1.55. The van der Waals surface area contributed by atoms with Crippen molar-refractivity contribution < 1.29 is 4.74 Å². The Morgan fingerprint density at radius 1 is 1.16 bits per heavy atom. The highest BCUT2D eigenvalue weighted by atomic mass is 79.9. The quantitative estimate of drug-likeness (QED) is 0.845. The average Bonchev–Trinajstić information content (AvgIpc) is 2.41. The van der Waals surface area contributed by atoms with E-state index in [1.165, 1.54) is 0 Å². The predicted octanol–water partition coefficient (Wildman–Crippen LogP) is 4.24. The van der Waals surface area contributed by atoms with Crippen LogP contribution in [0.15, 0.2) is 34.9 Å². The summed E-state index contributed by atoms with van der Waals surface area (Å²) in [7, 11) is 3.71. The van der Waals surface area contributed by atoms with E-state index in [2.05, 4.69) is 44.9 Å². The summed E-state index contributed by atoms with van der Waals surface area (Å²) in [5.41, 5.74) is 3.41. The number of hydrogen-bond acceptors (Lipinski definition) is 3. The molecule has 19 heavy (non-hydrogen) atoms. The number of ether oxygens (including phenoxy) is 1. The van der Waals surface area contributed by atoms with Gasteiger partial charge >= 0.3 is 0 Å². The zero-order valence-corrected chi connectivity index (χ0v) is 13.2. The summed E-state index contributed by atoms with van der Waals surface area (Å²) in [5, 5.41) is 0. The van der Waals surface area contributed by atoms with Crippen LogP contribution in [0.3, 0.4) is 0 Å². The van der Waals surface area contributed by atoms with Crippen LogP contribution < -0.4 is 9.64 Å². The monoisotopic (exact) mass is 320 g/mol. The van der Waals surface area contributed by atoms with Crippen molar-refractivity contribution in [2.45, 2.75) is 13.8 Å². The molecule has 100 valence electrons. The molecule has 0 amide bonds. The highest BCUT2D eigenvalue weighted by Gasteiger charge is 2.11. The van der Waals surface area contributed by atoms with Crippen LogP contribution in [-0.4, -0.2) is 19.1 Å². The van der Waals surface area contributed by atoms with E-state index < -0.39 is 0 Å². The minimum atomic E-state index is 0.913. The smallest absolute Gasteiger partial charge is 0.132 e. The number of hydrogen-bond donors (Lipinski definition) is 0. The molecule has 0 bridgehead atoms. The second-order valence-corrected chi connectivity index (χ2v) is 5.42. The van der Waals surface area contributed by atoms with Gasteiger partial charge in [-0.1, -0.05) is 0 Å². The number of methoxy groups -OCH3 is 1. The molecule has 0 fully saturated rings. The van der Waals surface area contributed by atoms with Crippen molar-refractivity contribution in [1.29, 1.82) is 0 Å². The SMILES string of the molecule is COc1cc(C)c(N(C)c2ccc(Br)cn2)cc1C. The summed E-state index contributed by atoms with van der Waals surface area (Å²) in [6.45, 7) is 4.12. The molecule has 0 aliphatic rings. The van der Waals surface area contributed by atoms with Gasteiger partial charge in [0.25, 0.3) is 0 Å². The van der Waals surface area contributed by atoms with Crippen LogP contribution in [0, 0.1) is 13.8 Å². The number of nitrogens with zero attached hydrogens (tertiary/aromatic N) is 2. The van der Waals surface area contributed by atoms with Gasteiger partial charge in [-0.25, -0.2) is 4.98 Å². The molecule has 1 aromatic heterocycles. The molecule has 0 spiro atoms. The molecular formula is C15H17BrN2O. The fraction of sp³-hybridized carbons (Fsp3) is 0.267. The van der Waals surface area contributed by atoms with Crippen molar-refractivity contribution in [3.8, 4) is 5.75 Å². The first-order valence-corrected chi connectivity index (χ1v) is 6.82. The molecule has 0 radical (unpaired) electrons. The number of aromatic nitrogens is 1. The summed E-state index contributed by atoms with van der Waals surface area (Å²) in [5.74, 6) is 1.83. The van der Waals surface area contributed by atoms with Crippen molar-refractivity contribution in [2.24, 2.45) is 0 Å². The molecule has 0 saturated carbocycles. The Labute approximate surface area is 122 Å². The molecule has 0 unspecified atom stereocenters. The lowest BCUT2D eigenvalue weighted by molar-refractivity contribution is 0.411. The number of pyridine rings is 1. The predicted molar refractivity (Wildman–Crippen MR) is 82.5 cm³/mol. The van der Waals surface area contributed by atoms with Crippen LogP contribution in [0.2, 0.25) is 0 Å². The first-order chi connectivity index (χ1) is 9.02. The normalized spacial score (nSPS) is 10.4. The summed E-state index contributed by atoms with van der Waals surface area (Å²) in [6, 6.07) is 8.16. The standard InChI is InChI=1S/C15H17BrN2O/c1-10-8-14(19-4)11(2)7-13(10)18(3)15-6-5-12(16)9-17-15/h5-9H,1-4H3. The van der Waals surface area contributed by atoms with E-state index >= 15 is 0 Å². The van der Waals surface area contributed by atoms with Crippen LogP contribution >= 0.6 is 15.9 Å². The van der Waals surface area contributed by atoms with Gasteiger partial charge in [0.15, 0.2) is 0 Å². The molecule has 2 rings (SSSR count). The van der Waals surface area contributed by atoms with Gasteiger partial charge in [0.2, 0.25) is 0 Å². The van der Waals surface area contributed by atoms with Crippen LogP contribution in [0.4, 0.5) is 11.5 Å². The van der Waals surface area contributed by atoms with Crippen molar-refractivity contribution in [1.82, 2.24) is 4.98 Å². The molecule has 0 atom stereocenters. The maximum Gasteiger partial charge on any atom is 0.132 e. The van der Waals surface area contributed by atoms with Crippen LogP contribution in [0.1, 0.15) is 11.1 Å². The molecule has 0 aliphatic carbocycles. The van der Waals surface area contributed by atoms with Gasteiger partial charge in [0.05, 0.1) is 7.11 Å². The second kappa shape index (κ2) is 5.61. The summed E-state index contributed by atoms with van der Waals surface area (Å²) in [6.07, 6.45) is 1.80. The van der Waals surface area contributed by atoms with E-state index in [1.807, 2.05) is 26.1 Å². The average molecular weight is 321 g/mol. The zero-order valence-electron chi connectivity index (χ0n) is 11.6. The number of rotatable bonds is 3. The fourth-order valence-electron chi connectivity index (χ4n) is 2.05. The molecule has 3 nitrogen and oxygen atoms in total. The van der Waals surface area contributed by atoms with Gasteiger partial charge in [0, 0.05) is 23.4 Å². The molecule has 0 N–H and O–H groups in total. The highest BCUT2D eigenvalue weighted by Crippen LogP contribution is 2.31. The Kier molecular flexibility index (Phi) is 4.10. The maximum absolute atomic E-state index is 5.34. The molecule has 4 heteroatoms. The molecule has 0 aliphatic heterocycles. The van der Waals surface area contributed by atoms with Crippen molar-refractivity contribution in [2.75, 3.05) is 19.1 Å². The van der Waals surface area contributed by atoms with E-state index in [0.29, 0.717) is 0 Å². The van der Waals surface area contributed by atoms with Crippen LogP contribution in [0.5, 0.6) is 5.75 Å². The van der Waals surface area contributed by atoms with Gasteiger partial charge in [-0.3, -0.25) is 0 Å². The Bertz CT molecular complexity index is 581. The first-order valence-electron chi connectivity index (χ1n) is 6.03. The van der Waals surface area contributed by atoms with Gasteiger partial charge in [-0.05, 0) is 65.2 Å². The molecular weight excluding hydrogens is 304 g/mol. The third-order valence-electron chi connectivity index (χ3n) is 3.13. The Morgan fingerprint density at radius 3 is 2.47 bits per heavy atom. The lowest BCUT2D eigenvalue weighted by Crippen LogP contribution is -2.12. The lowest BCUT2D eigenvalue weighted by Gasteiger charge is -2.22. The van der Waals surface area contributed by atoms with E-state index in [0.717, 1.165) is 32.9 Å². The first kappa shape index (κ1) is 13.9. The minimum absolute atomic E-state index is 0.913. The largest absolute Gasteiger partial charge is 0.496 e. The Morgan fingerprint density at radius 2 is 1.89 bits per heavy atom. The zero-order chi connectivity index (χ0) is 14.0. The van der Waals surface area contributed by atoms with E-state index in [4.69, 9.17) is 4.74 Å². The van der Waals surface area contributed by atoms with Crippen molar-refractivity contribution in [3.63, 3.8) is 0 Å². The van der Waals surface area contributed by atoms with Crippen molar-refractivity contribution >= 4 is 27.4 Å². The highest BCUT2D eigenvalue weighted by molar-refractivity contribution is 9.10. The number of aryl methyl sites for hydroxylation is 2. The summed E-state index contributed by atoms with van der Waals surface area (Å²) >= 11 is 3.40. The van der Waals surface area contributed by atoms with Gasteiger partial charge in [-0.2, -0.15) is 0 Å². The van der Waals surface area contributed by atoms with Gasteiger partial charge < -0.3 is 9.64 Å². The van der Waals surface area contributed by atoms with E-state index in [-0.39, 0.29) is 0 Å². The third kappa shape index (κ3) is 2.89. The summed E-state index contributed by atoms with van der Waals surface area (Å²) < 4.78 is 6.32. The van der Waals surface area contributed by atoms with Crippen molar-refractivity contribution in [3.05, 3.63) is 46.1 Å². The molecule has 1 aromatic carbocycles. The third-order valence-corrected chi connectivity index (χ3v) is 3.60. The number of benzene rings is 1. The maximum atomic E-state index is 5.34. The van der Waals surface area contributed by atoms with Gasteiger partial charge in [-0.15, -0.1) is 0 Å². The molecule has 1 heterocycles. The fourth-order valence-corrected chi connectivity index (χ4v) is 2.28. The summed E-state index contributed by atoms with van der Waals surface area (Å²) in [4.78, 5) is 6.49.